The molecule has 21 heavy (non-hydrogen) atoms. The van der Waals surface area contributed by atoms with Gasteiger partial charge in [-0.1, -0.05) is 49.4 Å². The first-order valence-electron chi connectivity index (χ1n) is 7.42. The SMILES string of the molecule is CCc1cnc(C(C)NCc2cccc3ccccc23)s1. The molecule has 0 radical (unpaired) electrons. The molecule has 2 aromatic carbocycles. The fraction of sp³-hybridized carbons (Fsp3) is 0.278. The second kappa shape index (κ2) is 6.37. The predicted octanol–water partition coefficient (Wildman–Crippen LogP) is 4.71. The van der Waals surface area contributed by atoms with Gasteiger partial charge in [0.05, 0.1) is 6.04 Å². The number of aryl methyl sites for hydroxylation is 1. The number of benzene rings is 2. The molecular formula is C18H20N2S. The molecule has 1 unspecified atom stereocenters. The third kappa shape index (κ3) is 3.14. The quantitative estimate of drug-likeness (QED) is 0.737. The summed E-state index contributed by atoms with van der Waals surface area (Å²) in [4.78, 5) is 5.87. The Balaban J connectivity index is 1.74. The number of rotatable bonds is 5. The molecule has 3 aromatic rings. The molecule has 0 saturated carbocycles. The van der Waals surface area contributed by atoms with E-state index in [-0.39, 0.29) is 6.04 Å². The van der Waals surface area contributed by atoms with Gasteiger partial charge in [-0.2, -0.15) is 0 Å². The van der Waals surface area contributed by atoms with Gasteiger partial charge in [0.25, 0.3) is 0 Å². The highest BCUT2D eigenvalue weighted by Gasteiger charge is 2.10. The molecule has 108 valence electrons. The molecular weight excluding hydrogens is 276 g/mol. The first-order valence-corrected chi connectivity index (χ1v) is 8.24. The van der Waals surface area contributed by atoms with Crippen LogP contribution in [0, 0.1) is 0 Å². The van der Waals surface area contributed by atoms with Gasteiger partial charge in [-0.3, -0.25) is 0 Å². The maximum Gasteiger partial charge on any atom is 0.109 e. The Kier molecular flexibility index (Phi) is 4.32. The monoisotopic (exact) mass is 296 g/mol. The minimum Gasteiger partial charge on any atom is -0.304 e. The number of nitrogens with one attached hydrogen (secondary N) is 1. The van der Waals surface area contributed by atoms with Gasteiger partial charge in [-0.15, -0.1) is 11.3 Å². The summed E-state index contributed by atoms with van der Waals surface area (Å²) in [6, 6.07) is 15.3. The van der Waals surface area contributed by atoms with Gasteiger partial charge in [0.2, 0.25) is 0 Å². The summed E-state index contributed by atoms with van der Waals surface area (Å²) in [5.41, 5.74) is 1.34. The summed E-state index contributed by atoms with van der Waals surface area (Å²) in [5.74, 6) is 0. The standard InChI is InChI=1S/C18H20N2S/c1-3-16-12-20-18(21-16)13(2)19-11-15-9-6-8-14-7-4-5-10-17(14)15/h4-10,12-13,19H,3,11H2,1-2H3. The zero-order valence-corrected chi connectivity index (χ0v) is 13.3. The number of fused-ring (bicyclic) bond motifs is 1. The van der Waals surface area contributed by atoms with E-state index in [9.17, 15) is 0 Å². The zero-order valence-electron chi connectivity index (χ0n) is 12.5. The number of thiazole rings is 1. The molecule has 0 aliphatic rings. The molecule has 2 nitrogen and oxygen atoms in total. The lowest BCUT2D eigenvalue weighted by Crippen LogP contribution is -2.18. The van der Waals surface area contributed by atoms with Crippen LogP contribution in [0.4, 0.5) is 0 Å². The normalized spacial score (nSPS) is 12.7. The topological polar surface area (TPSA) is 24.9 Å². The second-order valence-corrected chi connectivity index (χ2v) is 6.41. The highest BCUT2D eigenvalue weighted by Crippen LogP contribution is 2.22. The van der Waals surface area contributed by atoms with Gasteiger partial charge in [-0.05, 0) is 29.7 Å². The van der Waals surface area contributed by atoms with E-state index < -0.39 is 0 Å². The second-order valence-electron chi connectivity index (χ2n) is 5.26. The Morgan fingerprint density at radius 1 is 1.14 bits per heavy atom. The minimum absolute atomic E-state index is 0.286. The van der Waals surface area contributed by atoms with Crippen molar-refractivity contribution < 1.29 is 0 Å². The van der Waals surface area contributed by atoms with Crippen LogP contribution in [0.15, 0.2) is 48.7 Å². The molecule has 0 spiro atoms. The van der Waals surface area contributed by atoms with Gasteiger partial charge in [0.1, 0.15) is 5.01 Å². The van der Waals surface area contributed by atoms with Gasteiger partial charge in [-0.25, -0.2) is 4.98 Å². The lowest BCUT2D eigenvalue weighted by atomic mass is 10.0. The third-order valence-corrected chi connectivity index (χ3v) is 5.09. The van der Waals surface area contributed by atoms with Crippen molar-refractivity contribution in [3.05, 3.63) is 64.1 Å². The minimum atomic E-state index is 0.286. The lowest BCUT2D eigenvalue weighted by Gasteiger charge is -2.12. The molecule has 1 N–H and O–H groups in total. The summed E-state index contributed by atoms with van der Waals surface area (Å²) in [7, 11) is 0. The van der Waals surface area contributed by atoms with E-state index in [2.05, 4.69) is 66.6 Å². The molecule has 0 fully saturated rings. The largest absolute Gasteiger partial charge is 0.304 e. The van der Waals surface area contributed by atoms with Gasteiger partial charge >= 0.3 is 0 Å². The van der Waals surface area contributed by atoms with Crippen molar-refractivity contribution in [3.63, 3.8) is 0 Å². The molecule has 0 bridgehead atoms. The molecule has 1 aromatic heterocycles. The first-order chi connectivity index (χ1) is 10.3. The van der Waals surface area contributed by atoms with Crippen LogP contribution in [-0.4, -0.2) is 4.98 Å². The van der Waals surface area contributed by atoms with E-state index in [1.165, 1.54) is 26.2 Å². The maximum atomic E-state index is 4.52. The summed E-state index contributed by atoms with van der Waals surface area (Å²) in [6.07, 6.45) is 3.06. The Hall–Kier alpha value is -1.71. The van der Waals surface area contributed by atoms with Crippen molar-refractivity contribution in [2.24, 2.45) is 0 Å². The van der Waals surface area contributed by atoms with E-state index in [0.717, 1.165) is 13.0 Å². The highest BCUT2D eigenvalue weighted by atomic mass is 32.1. The van der Waals surface area contributed by atoms with Gasteiger partial charge < -0.3 is 5.32 Å². The Morgan fingerprint density at radius 3 is 2.76 bits per heavy atom. The number of hydrogen-bond acceptors (Lipinski definition) is 3. The van der Waals surface area contributed by atoms with Crippen molar-refractivity contribution in [1.29, 1.82) is 0 Å². The predicted molar refractivity (Wildman–Crippen MR) is 90.7 cm³/mol. The molecule has 1 heterocycles. The van der Waals surface area contributed by atoms with Gasteiger partial charge in [0, 0.05) is 17.6 Å². The van der Waals surface area contributed by atoms with Crippen molar-refractivity contribution in [2.75, 3.05) is 0 Å². The van der Waals surface area contributed by atoms with Crippen LogP contribution in [0.2, 0.25) is 0 Å². The van der Waals surface area contributed by atoms with E-state index >= 15 is 0 Å². The van der Waals surface area contributed by atoms with E-state index in [0.29, 0.717) is 0 Å². The van der Waals surface area contributed by atoms with Crippen LogP contribution >= 0.6 is 11.3 Å². The van der Waals surface area contributed by atoms with Gasteiger partial charge in [0.15, 0.2) is 0 Å². The fourth-order valence-electron chi connectivity index (χ4n) is 2.48. The van der Waals surface area contributed by atoms with E-state index in [1.54, 1.807) is 11.3 Å². The van der Waals surface area contributed by atoms with Crippen LogP contribution in [0.5, 0.6) is 0 Å². The van der Waals surface area contributed by atoms with Crippen LogP contribution in [0.3, 0.4) is 0 Å². The maximum absolute atomic E-state index is 4.52. The van der Waals surface area contributed by atoms with Crippen molar-refractivity contribution in [1.82, 2.24) is 10.3 Å². The Labute approximate surface area is 129 Å². The summed E-state index contributed by atoms with van der Waals surface area (Å²) in [5, 5.41) is 7.39. The third-order valence-electron chi connectivity index (χ3n) is 3.77. The molecule has 3 heteroatoms. The average molecular weight is 296 g/mol. The smallest absolute Gasteiger partial charge is 0.109 e. The van der Waals surface area contributed by atoms with Crippen LogP contribution in [-0.2, 0) is 13.0 Å². The summed E-state index contributed by atoms with van der Waals surface area (Å²) in [6.45, 7) is 5.22. The number of aromatic nitrogens is 1. The number of nitrogens with zero attached hydrogens (tertiary/aromatic N) is 1. The van der Waals surface area contributed by atoms with Crippen molar-refractivity contribution in [3.8, 4) is 0 Å². The van der Waals surface area contributed by atoms with Crippen LogP contribution in [0.1, 0.15) is 35.3 Å². The lowest BCUT2D eigenvalue weighted by molar-refractivity contribution is 0.573. The molecule has 0 aliphatic heterocycles. The molecule has 3 rings (SSSR count). The molecule has 0 aliphatic carbocycles. The molecule has 0 amide bonds. The van der Waals surface area contributed by atoms with Crippen LogP contribution < -0.4 is 5.32 Å². The Morgan fingerprint density at radius 2 is 1.95 bits per heavy atom. The molecule has 0 saturated heterocycles. The zero-order chi connectivity index (χ0) is 14.7. The van der Waals surface area contributed by atoms with Crippen molar-refractivity contribution >= 4 is 22.1 Å². The van der Waals surface area contributed by atoms with Crippen molar-refractivity contribution in [2.45, 2.75) is 32.9 Å². The average Bonchev–Trinajstić information content (AvgIpc) is 3.01. The van der Waals surface area contributed by atoms with E-state index in [4.69, 9.17) is 0 Å². The highest BCUT2D eigenvalue weighted by molar-refractivity contribution is 7.11. The number of hydrogen-bond donors (Lipinski definition) is 1. The fourth-order valence-corrected chi connectivity index (χ4v) is 3.37. The molecule has 1 atom stereocenters. The first kappa shape index (κ1) is 14.2. The Bertz CT molecular complexity index is 727. The summed E-state index contributed by atoms with van der Waals surface area (Å²) >= 11 is 1.81. The van der Waals surface area contributed by atoms with Crippen LogP contribution in [0.25, 0.3) is 10.8 Å². The van der Waals surface area contributed by atoms with E-state index in [1.807, 2.05) is 6.20 Å². The summed E-state index contributed by atoms with van der Waals surface area (Å²) < 4.78 is 0.